The first-order chi connectivity index (χ1) is 15.0. The summed E-state index contributed by atoms with van der Waals surface area (Å²) in [5.41, 5.74) is 3.96. The van der Waals surface area contributed by atoms with Gasteiger partial charge in [-0.15, -0.1) is 0 Å². The van der Waals surface area contributed by atoms with Crippen LogP contribution in [0.2, 0.25) is 0 Å². The van der Waals surface area contributed by atoms with Crippen molar-refractivity contribution < 1.29 is 4.79 Å². The van der Waals surface area contributed by atoms with E-state index in [0.29, 0.717) is 48.7 Å². The standard InChI is InChI=1S/C25H26N4O2/c1-16(2)15-26-22(30)12-14-28-21-10-6-4-7-17(21)18-11-13-29-24(23(18)28)27-20-9-5-3-8-19(20)25(29)31/h3-10,16H,11-15H2,1-2H3,(H,26,30). The van der Waals surface area contributed by atoms with Gasteiger partial charge >= 0.3 is 0 Å². The number of nitrogens with zero attached hydrogens (tertiary/aromatic N) is 3. The van der Waals surface area contributed by atoms with E-state index in [4.69, 9.17) is 4.98 Å². The Labute approximate surface area is 180 Å². The summed E-state index contributed by atoms with van der Waals surface area (Å²) in [5.74, 6) is 1.16. The molecule has 3 heterocycles. The first-order valence-corrected chi connectivity index (χ1v) is 10.9. The largest absolute Gasteiger partial charge is 0.356 e. The Bertz CT molecular complexity index is 1360. The van der Waals surface area contributed by atoms with E-state index < -0.39 is 0 Å². The average molecular weight is 415 g/mol. The van der Waals surface area contributed by atoms with Crippen LogP contribution in [0.15, 0.2) is 53.3 Å². The minimum absolute atomic E-state index is 0.00210. The Hall–Kier alpha value is -3.41. The molecule has 6 nitrogen and oxygen atoms in total. The van der Waals surface area contributed by atoms with E-state index in [1.165, 1.54) is 10.9 Å². The molecule has 1 aliphatic rings. The highest BCUT2D eigenvalue weighted by molar-refractivity contribution is 5.92. The second-order valence-electron chi connectivity index (χ2n) is 8.60. The van der Waals surface area contributed by atoms with Gasteiger partial charge in [0.25, 0.3) is 5.56 Å². The van der Waals surface area contributed by atoms with Gasteiger partial charge in [-0.1, -0.05) is 44.2 Å². The normalized spacial score (nSPS) is 12.9. The molecular formula is C25H26N4O2. The third kappa shape index (κ3) is 3.32. The van der Waals surface area contributed by atoms with Gasteiger partial charge in [0.2, 0.25) is 5.91 Å². The lowest BCUT2D eigenvalue weighted by Crippen LogP contribution is -2.29. The first kappa shape index (κ1) is 19.5. The Morgan fingerprint density at radius 2 is 1.84 bits per heavy atom. The van der Waals surface area contributed by atoms with Gasteiger partial charge in [-0.3, -0.25) is 14.2 Å². The number of para-hydroxylation sites is 2. The maximum Gasteiger partial charge on any atom is 0.261 e. The number of carbonyl (C=O) groups excluding carboxylic acids is 1. The number of hydrogen-bond acceptors (Lipinski definition) is 3. The van der Waals surface area contributed by atoms with Crippen LogP contribution in [0.25, 0.3) is 33.3 Å². The third-order valence-corrected chi connectivity index (χ3v) is 6.00. The van der Waals surface area contributed by atoms with Crippen molar-refractivity contribution in [3.05, 3.63) is 64.4 Å². The van der Waals surface area contributed by atoms with Crippen molar-refractivity contribution in [1.82, 2.24) is 19.4 Å². The number of hydrogen-bond donors (Lipinski definition) is 1. The molecule has 1 aliphatic heterocycles. The van der Waals surface area contributed by atoms with Crippen LogP contribution in [0, 0.1) is 5.92 Å². The molecule has 0 unspecified atom stereocenters. The van der Waals surface area contributed by atoms with Crippen LogP contribution in [0.1, 0.15) is 25.8 Å². The Balaban J connectivity index is 1.65. The van der Waals surface area contributed by atoms with Gasteiger partial charge in [-0.05, 0) is 36.1 Å². The molecule has 31 heavy (non-hydrogen) atoms. The Morgan fingerprint density at radius 3 is 2.65 bits per heavy atom. The van der Waals surface area contributed by atoms with Gasteiger partial charge < -0.3 is 9.88 Å². The van der Waals surface area contributed by atoms with Crippen molar-refractivity contribution in [3.63, 3.8) is 0 Å². The molecule has 0 aliphatic carbocycles. The molecule has 6 heteroatoms. The number of benzene rings is 2. The monoisotopic (exact) mass is 414 g/mol. The minimum atomic E-state index is -0.00210. The zero-order valence-electron chi connectivity index (χ0n) is 17.9. The summed E-state index contributed by atoms with van der Waals surface area (Å²) in [5, 5.41) is 4.82. The average Bonchev–Trinajstić information content (AvgIpc) is 3.10. The van der Waals surface area contributed by atoms with E-state index in [-0.39, 0.29) is 11.5 Å². The van der Waals surface area contributed by atoms with Crippen LogP contribution in [-0.2, 0) is 24.3 Å². The summed E-state index contributed by atoms with van der Waals surface area (Å²) in [4.78, 5) is 30.5. The maximum absolute atomic E-state index is 13.2. The molecule has 0 saturated heterocycles. The molecule has 2 aromatic carbocycles. The molecule has 1 amide bonds. The van der Waals surface area contributed by atoms with Crippen molar-refractivity contribution in [1.29, 1.82) is 0 Å². The van der Waals surface area contributed by atoms with E-state index in [9.17, 15) is 9.59 Å². The van der Waals surface area contributed by atoms with Gasteiger partial charge in [0, 0.05) is 37.0 Å². The van der Waals surface area contributed by atoms with Crippen molar-refractivity contribution in [3.8, 4) is 11.5 Å². The maximum atomic E-state index is 13.2. The highest BCUT2D eigenvalue weighted by atomic mass is 16.1. The number of rotatable bonds is 5. The minimum Gasteiger partial charge on any atom is -0.356 e. The highest BCUT2D eigenvalue weighted by Crippen LogP contribution is 2.36. The SMILES string of the molecule is CC(C)CNC(=O)CCn1c2c(c3ccccc31)CCn1c-2nc2ccccc2c1=O. The van der Waals surface area contributed by atoms with Crippen molar-refractivity contribution >= 4 is 27.7 Å². The molecule has 0 atom stereocenters. The number of carbonyl (C=O) groups is 1. The quantitative estimate of drug-likeness (QED) is 0.541. The molecule has 0 saturated carbocycles. The van der Waals surface area contributed by atoms with Crippen LogP contribution in [0.4, 0.5) is 0 Å². The van der Waals surface area contributed by atoms with Crippen LogP contribution in [0.3, 0.4) is 0 Å². The number of amides is 1. The second-order valence-corrected chi connectivity index (χ2v) is 8.60. The summed E-state index contributed by atoms with van der Waals surface area (Å²) >= 11 is 0. The Kier molecular flexibility index (Phi) is 4.85. The lowest BCUT2D eigenvalue weighted by molar-refractivity contribution is -0.121. The summed E-state index contributed by atoms with van der Waals surface area (Å²) < 4.78 is 3.96. The summed E-state index contributed by atoms with van der Waals surface area (Å²) in [7, 11) is 0. The van der Waals surface area contributed by atoms with Crippen molar-refractivity contribution in [2.45, 2.75) is 39.8 Å². The van der Waals surface area contributed by atoms with Gasteiger partial charge in [-0.25, -0.2) is 4.98 Å². The third-order valence-electron chi connectivity index (χ3n) is 6.00. The molecule has 0 fully saturated rings. The van der Waals surface area contributed by atoms with Crippen molar-refractivity contribution in [2.24, 2.45) is 5.92 Å². The number of fused-ring (bicyclic) bond motifs is 6. The zero-order chi connectivity index (χ0) is 21.5. The van der Waals surface area contributed by atoms with Crippen molar-refractivity contribution in [2.75, 3.05) is 6.54 Å². The van der Waals surface area contributed by atoms with Gasteiger partial charge in [-0.2, -0.15) is 0 Å². The van der Waals surface area contributed by atoms with Gasteiger partial charge in [0.1, 0.15) is 0 Å². The van der Waals surface area contributed by atoms with E-state index >= 15 is 0 Å². The van der Waals surface area contributed by atoms with Gasteiger partial charge in [0.05, 0.1) is 16.6 Å². The van der Waals surface area contributed by atoms with E-state index in [0.717, 1.165) is 17.6 Å². The topological polar surface area (TPSA) is 68.9 Å². The fourth-order valence-electron chi connectivity index (χ4n) is 4.52. The van der Waals surface area contributed by atoms with E-state index in [2.05, 4.69) is 35.9 Å². The molecule has 0 radical (unpaired) electrons. The van der Waals surface area contributed by atoms with E-state index in [1.54, 1.807) is 4.57 Å². The lowest BCUT2D eigenvalue weighted by Gasteiger charge is -2.21. The van der Waals surface area contributed by atoms with Crippen LogP contribution in [0.5, 0.6) is 0 Å². The van der Waals surface area contributed by atoms with Crippen LogP contribution >= 0.6 is 0 Å². The molecule has 5 rings (SSSR count). The first-order valence-electron chi connectivity index (χ1n) is 10.9. The lowest BCUT2D eigenvalue weighted by atomic mass is 10.0. The fourth-order valence-corrected chi connectivity index (χ4v) is 4.52. The predicted molar refractivity (Wildman–Crippen MR) is 123 cm³/mol. The summed E-state index contributed by atoms with van der Waals surface area (Å²) in [6.07, 6.45) is 1.16. The van der Waals surface area contributed by atoms with Gasteiger partial charge in [0.15, 0.2) is 5.82 Å². The predicted octanol–water partition coefficient (Wildman–Crippen LogP) is 3.74. The Morgan fingerprint density at radius 1 is 1.10 bits per heavy atom. The smallest absolute Gasteiger partial charge is 0.261 e. The second kappa shape index (κ2) is 7.69. The molecule has 0 spiro atoms. The number of aromatic nitrogens is 3. The molecule has 158 valence electrons. The molecule has 0 bridgehead atoms. The number of nitrogens with one attached hydrogen (secondary N) is 1. The van der Waals surface area contributed by atoms with Crippen LogP contribution < -0.4 is 10.9 Å². The zero-order valence-corrected chi connectivity index (χ0v) is 17.9. The molecule has 1 N–H and O–H groups in total. The fraction of sp³-hybridized carbons (Fsp3) is 0.320. The molecule has 2 aromatic heterocycles. The summed E-state index contributed by atoms with van der Waals surface area (Å²) in [6, 6.07) is 15.8. The highest BCUT2D eigenvalue weighted by Gasteiger charge is 2.27. The van der Waals surface area contributed by atoms with E-state index in [1.807, 2.05) is 36.4 Å². The molecular weight excluding hydrogens is 388 g/mol. The molecule has 4 aromatic rings. The van der Waals surface area contributed by atoms with Crippen LogP contribution in [-0.4, -0.2) is 26.6 Å². The number of aryl methyl sites for hydroxylation is 2. The summed E-state index contributed by atoms with van der Waals surface area (Å²) in [6.45, 7) is 6.00.